The van der Waals surface area contributed by atoms with Gasteiger partial charge in [-0.15, -0.1) is 0 Å². The van der Waals surface area contributed by atoms with Gasteiger partial charge in [-0.1, -0.05) is 45.9 Å². The van der Waals surface area contributed by atoms with Gasteiger partial charge in [-0.2, -0.15) is 0 Å². The van der Waals surface area contributed by atoms with Gasteiger partial charge in [-0.25, -0.2) is 4.79 Å². The lowest BCUT2D eigenvalue weighted by molar-refractivity contribution is 0.0374. The summed E-state index contributed by atoms with van der Waals surface area (Å²) in [5.74, 6) is 0.449. The largest absolute Gasteiger partial charge is 0.379 e. The molecule has 2 aromatic carbocycles. The SMILES string of the molecule is CC(C)c1cccc(C(C)C)c1NC(=O)Nc1ccc(N2CCCC2)c(C(=O)NCCCN2CCOCC2)c1. The monoisotopic (exact) mass is 535 g/mol. The molecule has 2 aliphatic rings. The van der Waals surface area contributed by atoms with E-state index in [2.05, 4.69) is 71.6 Å². The number of nitrogens with zero attached hydrogens (tertiary/aromatic N) is 2. The van der Waals surface area contributed by atoms with Gasteiger partial charge in [0, 0.05) is 49.8 Å². The van der Waals surface area contributed by atoms with Crippen LogP contribution < -0.4 is 20.9 Å². The van der Waals surface area contributed by atoms with Crippen LogP contribution in [0.2, 0.25) is 0 Å². The van der Waals surface area contributed by atoms with Crippen LogP contribution in [0, 0.1) is 0 Å². The number of amides is 3. The fourth-order valence-electron chi connectivity index (χ4n) is 5.43. The number of hydrogen-bond donors (Lipinski definition) is 3. The summed E-state index contributed by atoms with van der Waals surface area (Å²) in [5, 5.41) is 9.20. The molecule has 0 radical (unpaired) electrons. The summed E-state index contributed by atoms with van der Waals surface area (Å²) < 4.78 is 5.42. The second-order valence-corrected chi connectivity index (χ2v) is 11.2. The number of nitrogens with one attached hydrogen (secondary N) is 3. The first kappa shape index (κ1) is 28.9. The Kier molecular flexibility index (Phi) is 10.2. The predicted molar refractivity (Wildman–Crippen MR) is 159 cm³/mol. The molecule has 2 heterocycles. The molecule has 2 aliphatic heterocycles. The second kappa shape index (κ2) is 13.8. The summed E-state index contributed by atoms with van der Waals surface area (Å²) in [7, 11) is 0. The van der Waals surface area contributed by atoms with Crippen molar-refractivity contribution in [2.45, 2.75) is 58.8 Å². The van der Waals surface area contributed by atoms with E-state index in [1.54, 1.807) is 0 Å². The topological polar surface area (TPSA) is 85.9 Å². The molecule has 39 heavy (non-hydrogen) atoms. The number of carbonyl (C=O) groups is 2. The first-order valence-electron chi connectivity index (χ1n) is 14.5. The number of para-hydroxylation sites is 1. The van der Waals surface area contributed by atoms with Crippen molar-refractivity contribution in [2.24, 2.45) is 0 Å². The zero-order valence-corrected chi connectivity index (χ0v) is 24.0. The van der Waals surface area contributed by atoms with Crippen molar-refractivity contribution in [1.82, 2.24) is 10.2 Å². The van der Waals surface area contributed by atoms with Crippen LogP contribution in [0.1, 0.15) is 80.3 Å². The van der Waals surface area contributed by atoms with E-state index in [0.717, 1.165) is 87.7 Å². The Morgan fingerprint density at radius 1 is 0.897 bits per heavy atom. The highest BCUT2D eigenvalue weighted by Gasteiger charge is 2.21. The summed E-state index contributed by atoms with van der Waals surface area (Å²) in [6, 6.07) is 11.5. The lowest BCUT2D eigenvalue weighted by Gasteiger charge is -2.26. The van der Waals surface area contributed by atoms with E-state index in [9.17, 15) is 9.59 Å². The maximum Gasteiger partial charge on any atom is 0.323 e. The third-order valence-electron chi connectivity index (χ3n) is 7.60. The number of urea groups is 1. The molecule has 0 aromatic heterocycles. The molecular weight excluding hydrogens is 490 g/mol. The molecule has 212 valence electrons. The third kappa shape index (κ3) is 7.73. The van der Waals surface area contributed by atoms with Gasteiger partial charge in [0.1, 0.15) is 0 Å². The highest BCUT2D eigenvalue weighted by Crippen LogP contribution is 2.33. The van der Waals surface area contributed by atoms with Gasteiger partial charge in [-0.3, -0.25) is 9.69 Å². The molecule has 0 unspecified atom stereocenters. The van der Waals surface area contributed by atoms with E-state index < -0.39 is 0 Å². The van der Waals surface area contributed by atoms with Crippen LogP contribution in [-0.4, -0.2) is 69.3 Å². The summed E-state index contributed by atoms with van der Waals surface area (Å²) in [6.07, 6.45) is 3.13. The molecule has 3 N–H and O–H groups in total. The number of carbonyl (C=O) groups excluding carboxylic acids is 2. The van der Waals surface area contributed by atoms with Crippen molar-refractivity contribution < 1.29 is 14.3 Å². The Labute approximate surface area is 233 Å². The van der Waals surface area contributed by atoms with Crippen molar-refractivity contribution in [1.29, 1.82) is 0 Å². The van der Waals surface area contributed by atoms with E-state index >= 15 is 0 Å². The number of benzene rings is 2. The minimum atomic E-state index is -0.309. The first-order chi connectivity index (χ1) is 18.8. The van der Waals surface area contributed by atoms with E-state index in [1.807, 2.05) is 18.2 Å². The fraction of sp³-hybridized carbons (Fsp3) is 0.548. The number of hydrogen-bond acceptors (Lipinski definition) is 5. The molecule has 4 rings (SSSR count). The summed E-state index contributed by atoms with van der Waals surface area (Å²) in [5.41, 5.74) is 5.22. The highest BCUT2D eigenvalue weighted by molar-refractivity contribution is 6.04. The molecule has 8 heteroatoms. The van der Waals surface area contributed by atoms with Crippen LogP contribution in [0.3, 0.4) is 0 Å². The van der Waals surface area contributed by atoms with Crippen LogP contribution in [-0.2, 0) is 4.74 Å². The van der Waals surface area contributed by atoms with E-state index in [1.165, 1.54) is 0 Å². The molecule has 0 aliphatic carbocycles. The van der Waals surface area contributed by atoms with E-state index in [4.69, 9.17) is 4.74 Å². The van der Waals surface area contributed by atoms with Crippen LogP contribution in [0.15, 0.2) is 36.4 Å². The van der Waals surface area contributed by atoms with Gasteiger partial charge in [0.15, 0.2) is 0 Å². The van der Waals surface area contributed by atoms with Gasteiger partial charge in [0.05, 0.1) is 18.8 Å². The maximum absolute atomic E-state index is 13.3. The van der Waals surface area contributed by atoms with Crippen LogP contribution in [0.25, 0.3) is 0 Å². The standard InChI is InChI=1S/C31H45N5O3/c1-22(2)25-9-7-10-26(23(3)4)29(25)34-31(38)33-24-11-12-28(36-15-5-6-16-36)27(21-24)30(37)32-13-8-14-35-17-19-39-20-18-35/h7,9-12,21-23H,5-6,8,13-20H2,1-4H3,(H,32,37)(H2,33,34,38). The fourth-order valence-corrected chi connectivity index (χ4v) is 5.43. The van der Waals surface area contributed by atoms with E-state index in [0.29, 0.717) is 17.8 Å². The molecule has 2 aromatic rings. The van der Waals surface area contributed by atoms with Gasteiger partial charge in [0.25, 0.3) is 5.91 Å². The Morgan fingerprint density at radius 2 is 1.56 bits per heavy atom. The Bertz CT molecular complexity index is 1090. The average molecular weight is 536 g/mol. The van der Waals surface area contributed by atoms with Crippen molar-refractivity contribution in [3.05, 3.63) is 53.1 Å². The minimum absolute atomic E-state index is 0.102. The number of morpholine rings is 1. The molecule has 0 atom stereocenters. The minimum Gasteiger partial charge on any atom is -0.379 e. The molecule has 0 bridgehead atoms. The highest BCUT2D eigenvalue weighted by atomic mass is 16.5. The lowest BCUT2D eigenvalue weighted by Crippen LogP contribution is -2.38. The van der Waals surface area contributed by atoms with Gasteiger partial charge in [-0.05, 0) is 67.0 Å². The smallest absolute Gasteiger partial charge is 0.323 e. The Morgan fingerprint density at radius 3 is 2.21 bits per heavy atom. The van der Waals surface area contributed by atoms with Crippen molar-refractivity contribution in [2.75, 3.05) is 68.0 Å². The van der Waals surface area contributed by atoms with Gasteiger partial charge < -0.3 is 25.6 Å². The molecule has 2 saturated heterocycles. The van der Waals surface area contributed by atoms with Gasteiger partial charge in [0.2, 0.25) is 0 Å². The van der Waals surface area contributed by atoms with Crippen LogP contribution in [0.5, 0.6) is 0 Å². The quantitative estimate of drug-likeness (QED) is 0.343. The normalized spacial score (nSPS) is 16.1. The molecule has 2 fully saturated rings. The third-order valence-corrected chi connectivity index (χ3v) is 7.60. The zero-order chi connectivity index (χ0) is 27.8. The number of ether oxygens (including phenoxy) is 1. The lowest BCUT2D eigenvalue weighted by atomic mass is 9.93. The van der Waals surface area contributed by atoms with Gasteiger partial charge >= 0.3 is 6.03 Å². The van der Waals surface area contributed by atoms with E-state index in [-0.39, 0.29) is 23.8 Å². The van der Waals surface area contributed by atoms with Crippen LogP contribution >= 0.6 is 0 Å². The number of anilines is 3. The van der Waals surface area contributed by atoms with Crippen molar-refractivity contribution in [3.63, 3.8) is 0 Å². The molecular formula is C31H45N5O3. The summed E-state index contributed by atoms with van der Waals surface area (Å²) in [6.45, 7) is 15.4. The average Bonchev–Trinajstić information content (AvgIpc) is 3.46. The van der Waals surface area contributed by atoms with Crippen molar-refractivity contribution in [3.8, 4) is 0 Å². The Balaban J connectivity index is 1.46. The van der Waals surface area contributed by atoms with Crippen molar-refractivity contribution >= 4 is 29.0 Å². The molecule has 8 nitrogen and oxygen atoms in total. The number of rotatable bonds is 10. The summed E-state index contributed by atoms with van der Waals surface area (Å²) in [4.78, 5) is 31.1. The summed E-state index contributed by atoms with van der Waals surface area (Å²) >= 11 is 0. The second-order valence-electron chi connectivity index (χ2n) is 11.2. The maximum atomic E-state index is 13.3. The zero-order valence-electron chi connectivity index (χ0n) is 24.0. The molecule has 3 amide bonds. The molecule has 0 saturated carbocycles. The first-order valence-corrected chi connectivity index (χ1v) is 14.5. The van der Waals surface area contributed by atoms with Crippen LogP contribution in [0.4, 0.5) is 21.9 Å². The molecule has 0 spiro atoms. The predicted octanol–water partition coefficient (Wildman–Crippen LogP) is 5.63. The Hall–Kier alpha value is -3.10.